The molecule has 5 nitrogen and oxygen atoms in total. The number of nitrogens with zero attached hydrogens (tertiary/aromatic N) is 2. The van der Waals surface area contributed by atoms with Crippen molar-refractivity contribution < 1.29 is 8.42 Å². The summed E-state index contributed by atoms with van der Waals surface area (Å²) in [4.78, 5) is 3.82. The van der Waals surface area contributed by atoms with Crippen molar-refractivity contribution in [1.82, 2.24) is 9.71 Å². The predicted octanol–water partition coefficient (Wildman–Crippen LogP) is 2.01. The van der Waals surface area contributed by atoms with Gasteiger partial charge in [-0.1, -0.05) is 36.4 Å². The van der Waals surface area contributed by atoms with Gasteiger partial charge < -0.3 is 0 Å². The average Bonchev–Trinajstić information content (AvgIpc) is 2.48. The molecule has 1 atom stereocenters. The van der Waals surface area contributed by atoms with Gasteiger partial charge in [0.1, 0.15) is 0 Å². The van der Waals surface area contributed by atoms with Gasteiger partial charge in [-0.2, -0.15) is 5.26 Å². The third kappa shape index (κ3) is 3.41. The molecule has 0 fully saturated rings. The van der Waals surface area contributed by atoms with Crippen LogP contribution in [0.25, 0.3) is 0 Å². The molecule has 1 N–H and O–H groups in total. The van der Waals surface area contributed by atoms with Crippen molar-refractivity contribution in [2.24, 2.45) is 0 Å². The van der Waals surface area contributed by atoms with Crippen molar-refractivity contribution in [1.29, 1.82) is 5.26 Å². The van der Waals surface area contributed by atoms with Crippen LogP contribution in [0.5, 0.6) is 0 Å². The van der Waals surface area contributed by atoms with E-state index >= 15 is 0 Å². The van der Waals surface area contributed by atoms with Crippen LogP contribution in [-0.4, -0.2) is 13.4 Å². The Morgan fingerprint density at radius 2 is 1.85 bits per heavy atom. The molecular formula is C14H13N3O2S. The zero-order valence-electron chi connectivity index (χ0n) is 10.6. The average molecular weight is 287 g/mol. The summed E-state index contributed by atoms with van der Waals surface area (Å²) >= 11 is 0. The summed E-state index contributed by atoms with van der Waals surface area (Å²) in [5, 5.41) is 8.81. The maximum absolute atomic E-state index is 12.2. The molecule has 1 heterocycles. The number of pyridine rings is 1. The quantitative estimate of drug-likeness (QED) is 0.912. The molecular weight excluding hydrogens is 274 g/mol. The van der Waals surface area contributed by atoms with Gasteiger partial charge in [-0.05, 0) is 17.7 Å². The molecule has 0 aliphatic carbocycles. The number of hydrogen-bond donors (Lipinski definition) is 1. The summed E-state index contributed by atoms with van der Waals surface area (Å²) in [6.07, 6.45) is 1.46. The van der Waals surface area contributed by atoms with E-state index in [9.17, 15) is 8.42 Å². The van der Waals surface area contributed by atoms with Crippen LogP contribution < -0.4 is 4.72 Å². The Morgan fingerprint density at radius 1 is 1.15 bits per heavy atom. The topological polar surface area (TPSA) is 82.9 Å². The summed E-state index contributed by atoms with van der Waals surface area (Å²) in [6.45, 7) is 0. The standard InChI is InChI=1S/C14H13N3O2S/c15-10-9-13(12-6-2-1-3-7-12)17-20(18,19)14-8-4-5-11-16-14/h1-8,11,13,17H,9H2/t13-/m1/s1. The van der Waals surface area contributed by atoms with Gasteiger partial charge in [0.05, 0.1) is 18.5 Å². The molecule has 6 heteroatoms. The zero-order chi connectivity index (χ0) is 14.4. The van der Waals surface area contributed by atoms with E-state index in [1.54, 1.807) is 36.4 Å². The molecule has 20 heavy (non-hydrogen) atoms. The number of nitrogens with one attached hydrogen (secondary N) is 1. The van der Waals surface area contributed by atoms with Gasteiger partial charge in [-0.15, -0.1) is 0 Å². The SMILES string of the molecule is N#CC[C@@H](NS(=O)(=O)c1ccccn1)c1ccccc1. The maximum Gasteiger partial charge on any atom is 0.258 e. The van der Waals surface area contributed by atoms with Crippen LogP contribution >= 0.6 is 0 Å². The van der Waals surface area contributed by atoms with Gasteiger partial charge in [0, 0.05) is 6.20 Å². The number of benzene rings is 1. The van der Waals surface area contributed by atoms with E-state index in [1.165, 1.54) is 12.3 Å². The summed E-state index contributed by atoms with van der Waals surface area (Å²) in [7, 11) is -3.74. The Bertz CT molecular complexity index is 694. The van der Waals surface area contributed by atoms with Gasteiger partial charge >= 0.3 is 0 Å². The fourth-order valence-corrected chi connectivity index (χ4v) is 2.93. The summed E-state index contributed by atoms with van der Waals surface area (Å²) in [5.74, 6) is 0. The molecule has 102 valence electrons. The molecule has 1 aromatic heterocycles. The minimum atomic E-state index is -3.74. The summed E-state index contributed by atoms with van der Waals surface area (Å²) < 4.78 is 26.9. The molecule has 0 unspecified atom stereocenters. The second kappa shape index (κ2) is 6.28. The first-order valence-corrected chi connectivity index (χ1v) is 7.47. The second-order valence-corrected chi connectivity index (χ2v) is 5.78. The van der Waals surface area contributed by atoms with E-state index in [0.717, 1.165) is 5.56 Å². The summed E-state index contributed by atoms with van der Waals surface area (Å²) in [6, 6.07) is 15.1. The van der Waals surface area contributed by atoms with Crippen LogP contribution in [0, 0.1) is 11.3 Å². The van der Waals surface area contributed by atoms with Gasteiger partial charge in [0.25, 0.3) is 10.0 Å². The highest BCUT2D eigenvalue weighted by atomic mass is 32.2. The van der Waals surface area contributed by atoms with E-state index in [4.69, 9.17) is 5.26 Å². The van der Waals surface area contributed by atoms with Gasteiger partial charge in [-0.25, -0.2) is 18.1 Å². The van der Waals surface area contributed by atoms with Crippen molar-refractivity contribution in [3.63, 3.8) is 0 Å². The van der Waals surface area contributed by atoms with Gasteiger partial charge in [-0.3, -0.25) is 0 Å². The zero-order valence-corrected chi connectivity index (χ0v) is 11.4. The van der Waals surface area contributed by atoms with E-state index < -0.39 is 16.1 Å². The molecule has 0 amide bonds. The van der Waals surface area contributed by atoms with E-state index in [2.05, 4.69) is 9.71 Å². The van der Waals surface area contributed by atoms with Crippen molar-refractivity contribution in [2.75, 3.05) is 0 Å². The van der Waals surface area contributed by atoms with Crippen LogP contribution in [0.4, 0.5) is 0 Å². The monoisotopic (exact) mass is 287 g/mol. The highest BCUT2D eigenvalue weighted by Crippen LogP contribution is 2.18. The molecule has 1 aromatic carbocycles. The molecule has 0 aliphatic rings. The second-order valence-electron chi connectivity index (χ2n) is 4.11. The Labute approximate surface area is 118 Å². The van der Waals surface area contributed by atoms with Crippen molar-refractivity contribution in [3.05, 3.63) is 60.3 Å². The smallest absolute Gasteiger partial charge is 0.243 e. The molecule has 0 bridgehead atoms. The fourth-order valence-electron chi connectivity index (χ4n) is 1.76. The highest BCUT2D eigenvalue weighted by molar-refractivity contribution is 7.89. The van der Waals surface area contributed by atoms with E-state index in [-0.39, 0.29) is 11.4 Å². The number of aromatic nitrogens is 1. The molecule has 0 spiro atoms. The lowest BCUT2D eigenvalue weighted by atomic mass is 10.1. The first kappa shape index (κ1) is 14.2. The Kier molecular flexibility index (Phi) is 4.45. The Balaban J connectivity index is 2.28. The molecule has 2 aromatic rings. The third-order valence-corrected chi connectivity index (χ3v) is 4.09. The number of nitriles is 1. The van der Waals surface area contributed by atoms with Crippen LogP contribution in [0.15, 0.2) is 59.8 Å². The van der Waals surface area contributed by atoms with Crippen molar-refractivity contribution in [2.45, 2.75) is 17.5 Å². The van der Waals surface area contributed by atoms with Gasteiger partial charge in [0.2, 0.25) is 0 Å². The van der Waals surface area contributed by atoms with E-state index in [0.29, 0.717) is 0 Å². The van der Waals surface area contributed by atoms with Crippen LogP contribution in [0.2, 0.25) is 0 Å². The van der Waals surface area contributed by atoms with E-state index in [1.807, 2.05) is 12.1 Å². The lowest BCUT2D eigenvalue weighted by molar-refractivity contribution is 0.555. The number of rotatable bonds is 5. The van der Waals surface area contributed by atoms with Crippen molar-refractivity contribution >= 4 is 10.0 Å². The minimum absolute atomic E-state index is 0.0517. The van der Waals surface area contributed by atoms with Crippen LogP contribution in [-0.2, 0) is 10.0 Å². The maximum atomic E-state index is 12.2. The predicted molar refractivity (Wildman–Crippen MR) is 74.0 cm³/mol. The van der Waals surface area contributed by atoms with Crippen LogP contribution in [0.3, 0.4) is 0 Å². The first-order valence-electron chi connectivity index (χ1n) is 5.99. The molecule has 0 aliphatic heterocycles. The Morgan fingerprint density at radius 3 is 2.45 bits per heavy atom. The first-order chi connectivity index (χ1) is 9.63. The minimum Gasteiger partial charge on any atom is -0.243 e. The van der Waals surface area contributed by atoms with Crippen LogP contribution in [0.1, 0.15) is 18.0 Å². The molecule has 0 saturated carbocycles. The highest BCUT2D eigenvalue weighted by Gasteiger charge is 2.21. The fraction of sp³-hybridized carbons (Fsp3) is 0.143. The summed E-state index contributed by atoms with van der Waals surface area (Å²) in [5.41, 5.74) is 0.744. The molecule has 2 rings (SSSR count). The molecule has 0 radical (unpaired) electrons. The molecule has 0 saturated heterocycles. The number of sulfonamides is 1. The number of hydrogen-bond acceptors (Lipinski definition) is 4. The largest absolute Gasteiger partial charge is 0.258 e. The third-order valence-electron chi connectivity index (χ3n) is 2.71. The normalized spacial score (nSPS) is 12.6. The van der Waals surface area contributed by atoms with Gasteiger partial charge in [0.15, 0.2) is 5.03 Å². The lowest BCUT2D eigenvalue weighted by Gasteiger charge is -2.16. The Hall–Kier alpha value is -2.23. The lowest BCUT2D eigenvalue weighted by Crippen LogP contribution is -2.29. The van der Waals surface area contributed by atoms with Crippen molar-refractivity contribution in [3.8, 4) is 6.07 Å².